The van der Waals surface area contributed by atoms with Crippen LogP contribution in [-0.4, -0.2) is 13.1 Å². The Morgan fingerprint density at radius 2 is 2.07 bits per heavy atom. The van der Waals surface area contributed by atoms with E-state index in [0.29, 0.717) is 10.9 Å². The van der Waals surface area contributed by atoms with E-state index in [1.165, 1.54) is 7.11 Å². The van der Waals surface area contributed by atoms with E-state index in [9.17, 15) is 4.79 Å². The van der Waals surface area contributed by atoms with E-state index in [2.05, 4.69) is 36.6 Å². The summed E-state index contributed by atoms with van der Waals surface area (Å²) >= 11 is 6.71. The molecule has 0 saturated carbocycles. The lowest BCUT2D eigenvalue weighted by atomic mass is 10.1. The van der Waals surface area contributed by atoms with Crippen LogP contribution in [-0.2, 0) is 15.4 Å². The van der Waals surface area contributed by atoms with Crippen LogP contribution in [0.2, 0.25) is 0 Å². The Bertz CT molecular complexity index is 337. The van der Waals surface area contributed by atoms with Crippen molar-refractivity contribution >= 4 is 37.8 Å². The first-order chi connectivity index (χ1) is 6.72. The van der Waals surface area contributed by atoms with Gasteiger partial charge in [0.15, 0.2) is 0 Å². The highest BCUT2D eigenvalue weighted by atomic mass is 79.9. The third-order valence-electron chi connectivity index (χ3n) is 1.87. The first kappa shape index (κ1) is 11.7. The summed E-state index contributed by atoms with van der Waals surface area (Å²) in [5, 5.41) is 1.44. The number of methoxy groups -OCH3 is 1. The third kappa shape index (κ3) is 2.58. The number of hydrogen-bond acceptors (Lipinski definition) is 2. The molecule has 0 amide bonds. The number of carbonyl (C=O) groups excluding carboxylic acids is 1. The molecule has 0 heterocycles. The molecule has 0 saturated heterocycles. The Morgan fingerprint density at radius 3 is 2.57 bits per heavy atom. The molecule has 0 fully saturated rings. The lowest BCUT2D eigenvalue weighted by molar-refractivity contribution is 0.0600. The quantitative estimate of drug-likeness (QED) is 0.631. The number of alkyl halides is 2. The molecule has 4 heteroatoms. The maximum Gasteiger partial charge on any atom is 0.338 e. The maximum absolute atomic E-state index is 11.3. The average molecular weight is 322 g/mol. The second kappa shape index (κ2) is 5.51. The standard InChI is InChI=1S/C10H10Br2O2/c1-14-10(13)9-3-2-7(5-11)4-8(9)6-12/h2-4H,5-6H2,1H3. The fourth-order valence-corrected chi connectivity index (χ4v) is 1.96. The molecule has 76 valence electrons. The van der Waals surface area contributed by atoms with Crippen LogP contribution in [0.1, 0.15) is 21.5 Å². The monoisotopic (exact) mass is 320 g/mol. The molecule has 0 N–H and O–H groups in total. The van der Waals surface area contributed by atoms with Gasteiger partial charge < -0.3 is 4.74 Å². The lowest BCUT2D eigenvalue weighted by Gasteiger charge is -2.06. The zero-order valence-electron chi connectivity index (χ0n) is 7.72. The summed E-state index contributed by atoms with van der Waals surface area (Å²) in [4.78, 5) is 11.3. The molecule has 0 radical (unpaired) electrons. The lowest BCUT2D eigenvalue weighted by Crippen LogP contribution is -2.05. The molecule has 1 aromatic rings. The number of benzene rings is 1. The molecule has 0 aliphatic heterocycles. The van der Waals surface area contributed by atoms with Crippen LogP contribution in [0.25, 0.3) is 0 Å². The number of rotatable bonds is 3. The van der Waals surface area contributed by atoms with Crippen molar-refractivity contribution in [2.45, 2.75) is 10.7 Å². The summed E-state index contributed by atoms with van der Waals surface area (Å²) < 4.78 is 4.68. The number of hydrogen-bond donors (Lipinski definition) is 0. The van der Waals surface area contributed by atoms with E-state index in [0.717, 1.165) is 16.5 Å². The molecule has 0 aromatic heterocycles. The van der Waals surface area contributed by atoms with Gasteiger partial charge in [0.25, 0.3) is 0 Å². The summed E-state index contributed by atoms with van der Waals surface area (Å²) in [6, 6.07) is 5.68. The van der Waals surface area contributed by atoms with Crippen LogP contribution >= 0.6 is 31.9 Å². The van der Waals surface area contributed by atoms with Gasteiger partial charge >= 0.3 is 5.97 Å². The molecule has 0 bridgehead atoms. The highest BCUT2D eigenvalue weighted by Crippen LogP contribution is 2.17. The highest BCUT2D eigenvalue weighted by molar-refractivity contribution is 9.08. The Kier molecular flexibility index (Phi) is 4.62. The predicted octanol–water partition coefficient (Wildman–Crippen LogP) is 3.26. The first-order valence-electron chi connectivity index (χ1n) is 4.05. The Balaban J connectivity index is 3.11. The van der Waals surface area contributed by atoms with Gasteiger partial charge in [0.05, 0.1) is 12.7 Å². The third-order valence-corrected chi connectivity index (χ3v) is 3.12. The second-order valence-electron chi connectivity index (χ2n) is 2.75. The summed E-state index contributed by atoms with van der Waals surface area (Å²) in [7, 11) is 1.39. The molecule has 1 rings (SSSR count). The molecule has 0 atom stereocenters. The first-order valence-corrected chi connectivity index (χ1v) is 6.29. The molecule has 0 spiro atoms. The van der Waals surface area contributed by atoms with Gasteiger partial charge in [-0.2, -0.15) is 0 Å². The largest absolute Gasteiger partial charge is 0.465 e. The summed E-state index contributed by atoms with van der Waals surface area (Å²) in [5.74, 6) is -0.291. The van der Waals surface area contributed by atoms with Crippen LogP contribution in [0.4, 0.5) is 0 Å². The van der Waals surface area contributed by atoms with E-state index >= 15 is 0 Å². The molecule has 0 unspecified atom stereocenters. The van der Waals surface area contributed by atoms with Crippen LogP contribution in [0.15, 0.2) is 18.2 Å². The Labute approximate surface area is 99.9 Å². The fraction of sp³-hybridized carbons (Fsp3) is 0.300. The minimum atomic E-state index is -0.291. The van der Waals surface area contributed by atoms with Gasteiger partial charge in [0.2, 0.25) is 0 Å². The number of ether oxygens (including phenoxy) is 1. The molecule has 0 aliphatic rings. The van der Waals surface area contributed by atoms with Crippen molar-refractivity contribution in [1.29, 1.82) is 0 Å². The molecular weight excluding hydrogens is 312 g/mol. The van der Waals surface area contributed by atoms with Gasteiger partial charge in [-0.25, -0.2) is 4.79 Å². The van der Waals surface area contributed by atoms with Crippen LogP contribution in [0, 0.1) is 0 Å². The van der Waals surface area contributed by atoms with Crippen molar-refractivity contribution in [1.82, 2.24) is 0 Å². The zero-order valence-corrected chi connectivity index (χ0v) is 10.9. The van der Waals surface area contributed by atoms with Crippen molar-refractivity contribution in [2.24, 2.45) is 0 Å². The van der Waals surface area contributed by atoms with Gasteiger partial charge in [-0.15, -0.1) is 0 Å². The fourth-order valence-electron chi connectivity index (χ4n) is 1.15. The normalized spacial score (nSPS) is 9.93. The Morgan fingerprint density at radius 1 is 1.36 bits per heavy atom. The molecule has 2 nitrogen and oxygen atoms in total. The SMILES string of the molecule is COC(=O)c1ccc(CBr)cc1CBr. The second-order valence-corrected chi connectivity index (χ2v) is 3.87. The summed E-state index contributed by atoms with van der Waals surface area (Å²) in [6.07, 6.45) is 0. The van der Waals surface area contributed by atoms with E-state index in [-0.39, 0.29) is 5.97 Å². The van der Waals surface area contributed by atoms with E-state index in [1.54, 1.807) is 6.07 Å². The van der Waals surface area contributed by atoms with Crippen molar-refractivity contribution in [3.63, 3.8) is 0 Å². The van der Waals surface area contributed by atoms with E-state index in [1.807, 2.05) is 12.1 Å². The summed E-state index contributed by atoms with van der Waals surface area (Å²) in [6.45, 7) is 0. The minimum Gasteiger partial charge on any atom is -0.465 e. The number of carbonyl (C=O) groups is 1. The molecule has 1 aromatic carbocycles. The van der Waals surface area contributed by atoms with Crippen LogP contribution in [0.3, 0.4) is 0 Å². The van der Waals surface area contributed by atoms with Crippen molar-refractivity contribution < 1.29 is 9.53 Å². The topological polar surface area (TPSA) is 26.3 Å². The van der Waals surface area contributed by atoms with Gasteiger partial charge in [-0.1, -0.05) is 44.0 Å². The van der Waals surface area contributed by atoms with Gasteiger partial charge in [-0.3, -0.25) is 0 Å². The Hall–Kier alpha value is -0.350. The van der Waals surface area contributed by atoms with Crippen molar-refractivity contribution in [2.75, 3.05) is 7.11 Å². The smallest absolute Gasteiger partial charge is 0.338 e. The summed E-state index contributed by atoms with van der Waals surface area (Å²) in [5.41, 5.74) is 2.72. The molecule has 0 aliphatic carbocycles. The predicted molar refractivity (Wildman–Crippen MR) is 63.0 cm³/mol. The molecule has 14 heavy (non-hydrogen) atoms. The van der Waals surface area contributed by atoms with E-state index in [4.69, 9.17) is 0 Å². The maximum atomic E-state index is 11.3. The minimum absolute atomic E-state index is 0.291. The van der Waals surface area contributed by atoms with Crippen LogP contribution < -0.4 is 0 Å². The van der Waals surface area contributed by atoms with Gasteiger partial charge in [0, 0.05) is 10.7 Å². The average Bonchev–Trinajstić information content (AvgIpc) is 2.27. The van der Waals surface area contributed by atoms with Crippen LogP contribution in [0.5, 0.6) is 0 Å². The number of halogens is 2. The molecular formula is C10H10Br2O2. The van der Waals surface area contributed by atoms with E-state index < -0.39 is 0 Å². The van der Waals surface area contributed by atoms with Gasteiger partial charge in [-0.05, 0) is 17.2 Å². The highest BCUT2D eigenvalue weighted by Gasteiger charge is 2.10. The number of esters is 1. The zero-order chi connectivity index (χ0) is 10.6. The van der Waals surface area contributed by atoms with Crippen molar-refractivity contribution in [3.8, 4) is 0 Å². The van der Waals surface area contributed by atoms with Crippen molar-refractivity contribution in [3.05, 3.63) is 34.9 Å². The van der Waals surface area contributed by atoms with Gasteiger partial charge in [0.1, 0.15) is 0 Å².